The smallest absolute Gasteiger partial charge is 0.246 e. The van der Waals surface area contributed by atoms with Gasteiger partial charge in [-0.15, -0.1) is 0 Å². The van der Waals surface area contributed by atoms with Gasteiger partial charge in [0.05, 0.1) is 6.17 Å². The summed E-state index contributed by atoms with van der Waals surface area (Å²) in [7, 11) is 0. The molecule has 1 aliphatic rings. The lowest BCUT2D eigenvalue weighted by Gasteiger charge is -2.20. The van der Waals surface area contributed by atoms with Crippen molar-refractivity contribution in [1.29, 1.82) is 0 Å². The Labute approximate surface area is 77.3 Å². The zero-order chi connectivity index (χ0) is 10.0. The van der Waals surface area contributed by atoms with Crippen LogP contribution in [0.3, 0.4) is 0 Å². The Bertz CT molecular complexity index is 227. The number of carbonyl (C=O) groups is 2. The second-order valence-electron chi connectivity index (χ2n) is 3.31. The SMILES string of the molecule is CC(=O)NC1CCN(C(C)N)C1=O. The summed E-state index contributed by atoms with van der Waals surface area (Å²) in [6.45, 7) is 3.79. The lowest BCUT2D eigenvalue weighted by molar-refractivity contribution is -0.133. The molecule has 1 fully saturated rings. The number of nitrogens with one attached hydrogen (secondary N) is 1. The van der Waals surface area contributed by atoms with Crippen molar-refractivity contribution in [3.05, 3.63) is 0 Å². The van der Waals surface area contributed by atoms with Crippen molar-refractivity contribution in [3.63, 3.8) is 0 Å². The third-order valence-electron chi connectivity index (χ3n) is 2.11. The fourth-order valence-corrected chi connectivity index (χ4v) is 1.49. The van der Waals surface area contributed by atoms with E-state index in [0.29, 0.717) is 13.0 Å². The molecule has 3 N–H and O–H groups in total. The molecule has 74 valence electrons. The van der Waals surface area contributed by atoms with Crippen molar-refractivity contribution in [2.24, 2.45) is 5.73 Å². The molecule has 1 rings (SSSR count). The molecule has 0 aromatic rings. The van der Waals surface area contributed by atoms with Crippen molar-refractivity contribution in [2.75, 3.05) is 6.54 Å². The van der Waals surface area contributed by atoms with Crippen LogP contribution in [0, 0.1) is 0 Å². The first-order valence-electron chi connectivity index (χ1n) is 4.35. The molecule has 1 saturated heterocycles. The van der Waals surface area contributed by atoms with Gasteiger partial charge in [0, 0.05) is 13.5 Å². The van der Waals surface area contributed by atoms with Crippen LogP contribution in [0.5, 0.6) is 0 Å². The van der Waals surface area contributed by atoms with Gasteiger partial charge in [0.25, 0.3) is 0 Å². The van der Waals surface area contributed by atoms with Crippen LogP contribution in [0.4, 0.5) is 0 Å². The van der Waals surface area contributed by atoms with E-state index in [9.17, 15) is 9.59 Å². The van der Waals surface area contributed by atoms with Crippen molar-refractivity contribution >= 4 is 11.8 Å². The molecule has 1 heterocycles. The number of amides is 2. The molecule has 0 bridgehead atoms. The standard InChI is InChI=1S/C8H15N3O2/c1-5(9)11-4-3-7(8(11)13)10-6(2)12/h5,7H,3-4,9H2,1-2H3,(H,10,12). The molecule has 5 heteroatoms. The van der Waals surface area contributed by atoms with E-state index >= 15 is 0 Å². The zero-order valence-electron chi connectivity index (χ0n) is 7.91. The third kappa shape index (κ3) is 2.18. The summed E-state index contributed by atoms with van der Waals surface area (Å²) >= 11 is 0. The van der Waals surface area contributed by atoms with Crippen LogP contribution in [-0.4, -0.2) is 35.5 Å². The predicted molar refractivity (Wildman–Crippen MR) is 47.6 cm³/mol. The first-order valence-corrected chi connectivity index (χ1v) is 4.35. The second kappa shape index (κ2) is 3.74. The minimum Gasteiger partial charge on any atom is -0.344 e. The van der Waals surface area contributed by atoms with Gasteiger partial charge in [0.1, 0.15) is 6.04 Å². The normalized spacial score (nSPS) is 24.7. The summed E-state index contributed by atoms with van der Waals surface area (Å²) in [6, 6.07) is -0.372. The minimum absolute atomic E-state index is 0.0785. The number of rotatable bonds is 2. The Morgan fingerprint density at radius 2 is 2.38 bits per heavy atom. The lowest BCUT2D eigenvalue weighted by Crippen LogP contribution is -2.46. The highest BCUT2D eigenvalue weighted by Gasteiger charge is 2.33. The van der Waals surface area contributed by atoms with Crippen LogP contribution in [0.25, 0.3) is 0 Å². The molecule has 5 nitrogen and oxygen atoms in total. The van der Waals surface area contributed by atoms with Gasteiger partial charge < -0.3 is 16.0 Å². The molecule has 0 aromatic heterocycles. The van der Waals surface area contributed by atoms with Gasteiger partial charge in [-0.25, -0.2) is 0 Å². The van der Waals surface area contributed by atoms with E-state index in [1.165, 1.54) is 6.92 Å². The van der Waals surface area contributed by atoms with Crippen LogP contribution in [0.1, 0.15) is 20.3 Å². The summed E-state index contributed by atoms with van der Waals surface area (Å²) in [5.74, 6) is -0.255. The Balaban J connectivity index is 2.55. The van der Waals surface area contributed by atoms with Gasteiger partial charge in [0.2, 0.25) is 11.8 Å². The predicted octanol–water partition coefficient (Wildman–Crippen LogP) is -0.972. The fraction of sp³-hybridized carbons (Fsp3) is 0.750. The van der Waals surface area contributed by atoms with E-state index in [1.807, 2.05) is 0 Å². The third-order valence-corrected chi connectivity index (χ3v) is 2.11. The molecule has 0 aromatic carbocycles. The van der Waals surface area contributed by atoms with Gasteiger partial charge in [-0.05, 0) is 13.3 Å². The van der Waals surface area contributed by atoms with Gasteiger partial charge in [0.15, 0.2) is 0 Å². The second-order valence-corrected chi connectivity index (χ2v) is 3.31. The average molecular weight is 185 g/mol. The molecular weight excluding hydrogens is 170 g/mol. The van der Waals surface area contributed by atoms with Gasteiger partial charge in [-0.3, -0.25) is 9.59 Å². The van der Waals surface area contributed by atoms with E-state index in [1.54, 1.807) is 11.8 Å². The van der Waals surface area contributed by atoms with E-state index in [2.05, 4.69) is 5.32 Å². The Kier molecular flexibility index (Phi) is 2.87. The van der Waals surface area contributed by atoms with E-state index in [-0.39, 0.29) is 24.0 Å². The first kappa shape index (κ1) is 9.98. The Morgan fingerprint density at radius 1 is 1.77 bits per heavy atom. The lowest BCUT2D eigenvalue weighted by atomic mass is 10.2. The first-order chi connectivity index (χ1) is 6.02. The number of nitrogens with zero attached hydrogens (tertiary/aromatic N) is 1. The molecule has 2 unspecified atom stereocenters. The molecule has 2 atom stereocenters. The molecule has 0 radical (unpaired) electrons. The molecule has 0 aliphatic carbocycles. The minimum atomic E-state index is -0.372. The summed E-state index contributed by atoms with van der Waals surface area (Å²) in [4.78, 5) is 23.8. The van der Waals surface area contributed by atoms with Gasteiger partial charge in [-0.2, -0.15) is 0 Å². The van der Waals surface area contributed by atoms with Crippen molar-refractivity contribution in [2.45, 2.75) is 32.5 Å². The van der Waals surface area contributed by atoms with Crippen LogP contribution < -0.4 is 11.1 Å². The molecule has 0 saturated carbocycles. The maximum absolute atomic E-state index is 11.5. The van der Waals surface area contributed by atoms with Crippen molar-refractivity contribution < 1.29 is 9.59 Å². The zero-order valence-corrected chi connectivity index (χ0v) is 7.91. The molecule has 0 spiro atoms. The van der Waals surface area contributed by atoms with Crippen LogP contribution >= 0.6 is 0 Å². The van der Waals surface area contributed by atoms with Crippen molar-refractivity contribution in [1.82, 2.24) is 10.2 Å². The summed E-state index contributed by atoms with van der Waals surface area (Å²) in [5, 5.41) is 2.59. The fourth-order valence-electron chi connectivity index (χ4n) is 1.49. The van der Waals surface area contributed by atoms with E-state index in [4.69, 9.17) is 5.73 Å². The maximum atomic E-state index is 11.5. The monoisotopic (exact) mass is 185 g/mol. The number of likely N-dealkylation sites (tertiary alicyclic amines) is 1. The van der Waals surface area contributed by atoms with Crippen molar-refractivity contribution in [3.8, 4) is 0 Å². The maximum Gasteiger partial charge on any atom is 0.246 e. The number of hydrogen-bond acceptors (Lipinski definition) is 3. The molecular formula is C8H15N3O2. The highest BCUT2D eigenvalue weighted by atomic mass is 16.2. The Hall–Kier alpha value is -1.10. The summed E-state index contributed by atoms with van der Waals surface area (Å²) in [5.41, 5.74) is 5.57. The highest BCUT2D eigenvalue weighted by Crippen LogP contribution is 2.12. The summed E-state index contributed by atoms with van der Waals surface area (Å²) < 4.78 is 0. The largest absolute Gasteiger partial charge is 0.344 e. The van der Waals surface area contributed by atoms with Gasteiger partial charge in [-0.1, -0.05) is 0 Å². The van der Waals surface area contributed by atoms with Crippen LogP contribution in [-0.2, 0) is 9.59 Å². The molecule has 13 heavy (non-hydrogen) atoms. The highest BCUT2D eigenvalue weighted by molar-refractivity contribution is 5.88. The van der Waals surface area contributed by atoms with E-state index in [0.717, 1.165) is 0 Å². The van der Waals surface area contributed by atoms with E-state index < -0.39 is 0 Å². The molecule has 2 amide bonds. The number of nitrogens with two attached hydrogens (primary N) is 1. The van der Waals surface area contributed by atoms with Gasteiger partial charge >= 0.3 is 0 Å². The number of hydrogen-bond donors (Lipinski definition) is 2. The average Bonchev–Trinajstić information content (AvgIpc) is 2.32. The van der Waals surface area contributed by atoms with Crippen LogP contribution in [0.15, 0.2) is 0 Å². The van der Waals surface area contributed by atoms with Crippen LogP contribution in [0.2, 0.25) is 0 Å². The topological polar surface area (TPSA) is 75.4 Å². The summed E-state index contributed by atoms with van der Waals surface area (Å²) in [6.07, 6.45) is 0.381. The molecule has 1 aliphatic heterocycles. The quantitative estimate of drug-likeness (QED) is 0.581. The number of carbonyl (C=O) groups excluding carboxylic acids is 2. The Morgan fingerprint density at radius 3 is 2.77 bits per heavy atom.